The van der Waals surface area contributed by atoms with Gasteiger partial charge in [-0.05, 0) is 26.3 Å². The summed E-state index contributed by atoms with van der Waals surface area (Å²) in [7, 11) is 1.65. The van der Waals surface area contributed by atoms with E-state index in [0.29, 0.717) is 13.2 Å². The van der Waals surface area contributed by atoms with Gasteiger partial charge in [-0.25, -0.2) is 0 Å². The first-order valence-corrected chi connectivity index (χ1v) is 6.78. The third kappa shape index (κ3) is 4.30. The van der Waals surface area contributed by atoms with Crippen LogP contribution in [0.25, 0.3) is 0 Å². The number of rotatable bonds is 5. The van der Waals surface area contributed by atoms with Crippen molar-refractivity contribution in [3.05, 3.63) is 33.7 Å². The van der Waals surface area contributed by atoms with Gasteiger partial charge in [0.05, 0.1) is 12.1 Å². The van der Waals surface area contributed by atoms with Crippen molar-refractivity contribution in [2.75, 3.05) is 26.8 Å². The number of pyridine rings is 1. The second-order valence-corrected chi connectivity index (χ2v) is 5.32. The summed E-state index contributed by atoms with van der Waals surface area (Å²) in [5.41, 5.74) is 0.391. The lowest BCUT2D eigenvalue weighted by atomic mass is 9.98. The smallest absolute Gasteiger partial charge is 0.256 e. The van der Waals surface area contributed by atoms with Crippen LogP contribution in [0.2, 0.25) is 0 Å². The molecule has 0 radical (unpaired) electrons. The number of methoxy groups -OCH3 is 1. The maximum atomic E-state index is 12.1. The van der Waals surface area contributed by atoms with Crippen LogP contribution < -0.4 is 16.1 Å². The van der Waals surface area contributed by atoms with Crippen molar-refractivity contribution >= 4 is 18.3 Å². The molecule has 6 nitrogen and oxygen atoms in total. The normalized spacial score (nSPS) is 20.9. The fraction of sp³-hybridized carbons (Fsp3) is 0.571. The SMILES string of the molecule is COCC1(CNC(=O)c2c[nH]c(C)cc2=O)CCCN1.Cl. The summed E-state index contributed by atoms with van der Waals surface area (Å²) < 4.78 is 5.22. The zero-order chi connectivity index (χ0) is 14.6. The van der Waals surface area contributed by atoms with Gasteiger partial charge in [-0.2, -0.15) is 0 Å². The number of carbonyl (C=O) groups is 1. The zero-order valence-corrected chi connectivity index (χ0v) is 13.1. The molecule has 2 heterocycles. The lowest BCUT2D eigenvalue weighted by Crippen LogP contribution is -2.53. The number of nitrogens with one attached hydrogen (secondary N) is 3. The van der Waals surface area contributed by atoms with Crippen molar-refractivity contribution in [1.29, 1.82) is 0 Å². The van der Waals surface area contributed by atoms with Crippen molar-refractivity contribution < 1.29 is 9.53 Å². The molecule has 0 aliphatic carbocycles. The highest BCUT2D eigenvalue weighted by Gasteiger charge is 2.33. The van der Waals surface area contributed by atoms with Crippen LogP contribution in [0.1, 0.15) is 28.9 Å². The van der Waals surface area contributed by atoms with E-state index < -0.39 is 0 Å². The number of aromatic nitrogens is 1. The van der Waals surface area contributed by atoms with Crippen LogP contribution >= 0.6 is 12.4 Å². The van der Waals surface area contributed by atoms with Crippen LogP contribution in [0.3, 0.4) is 0 Å². The molecular weight excluding hydrogens is 294 g/mol. The number of aromatic amines is 1. The van der Waals surface area contributed by atoms with Crippen LogP contribution in [-0.4, -0.2) is 43.2 Å². The largest absolute Gasteiger partial charge is 0.383 e. The molecule has 21 heavy (non-hydrogen) atoms. The molecule has 1 aliphatic heterocycles. The van der Waals surface area contributed by atoms with Gasteiger partial charge in [0.1, 0.15) is 5.56 Å². The van der Waals surface area contributed by atoms with Gasteiger partial charge in [-0.1, -0.05) is 0 Å². The maximum absolute atomic E-state index is 12.1. The number of H-pyrrole nitrogens is 1. The number of hydrogen-bond donors (Lipinski definition) is 3. The molecule has 0 spiro atoms. The van der Waals surface area contributed by atoms with Gasteiger partial charge in [0.25, 0.3) is 5.91 Å². The molecule has 1 aromatic heterocycles. The molecule has 1 amide bonds. The van der Waals surface area contributed by atoms with E-state index in [2.05, 4.69) is 15.6 Å². The standard InChI is InChI=1S/C14H21N3O3.ClH/c1-10-6-12(18)11(7-15-10)13(19)16-8-14(9-20-2)4-3-5-17-14;/h6-7,17H,3-5,8-9H2,1-2H3,(H,15,18)(H,16,19);1H. The summed E-state index contributed by atoms with van der Waals surface area (Å²) in [5.74, 6) is -0.351. The van der Waals surface area contributed by atoms with Gasteiger partial charge in [0, 0.05) is 31.6 Å². The number of hydrogen-bond acceptors (Lipinski definition) is 4. The number of aryl methyl sites for hydroxylation is 1. The third-order valence-corrected chi connectivity index (χ3v) is 3.64. The highest BCUT2D eigenvalue weighted by Crippen LogP contribution is 2.18. The first-order valence-electron chi connectivity index (χ1n) is 6.78. The van der Waals surface area contributed by atoms with E-state index in [4.69, 9.17) is 4.74 Å². The van der Waals surface area contributed by atoms with E-state index in [0.717, 1.165) is 25.1 Å². The van der Waals surface area contributed by atoms with E-state index in [1.54, 1.807) is 14.0 Å². The first kappa shape index (κ1) is 17.7. The van der Waals surface area contributed by atoms with Crippen molar-refractivity contribution in [2.45, 2.75) is 25.3 Å². The molecule has 1 atom stereocenters. The van der Waals surface area contributed by atoms with Gasteiger partial charge in [0.15, 0.2) is 5.43 Å². The fourth-order valence-corrected chi connectivity index (χ4v) is 2.57. The van der Waals surface area contributed by atoms with E-state index in [9.17, 15) is 9.59 Å². The Kier molecular flexibility index (Phi) is 6.39. The summed E-state index contributed by atoms with van der Waals surface area (Å²) in [6, 6.07) is 1.42. The molecule has 1 fully saturated rings. The monoisotopic (exact) mass is 315 g/mol. The lowest BCUT2D eigenvalue weighted by Gasteiger charge is -2.28. The first-order chi connectivity index (χ1) is 9.56. The van der Waals surface area contributed by atoms with Crippen LogP contribution in [-0.2, 0) is 4.74 Å². The summed E-state index contributed by atoms with van der Waals surface area (Å²) in [6.07, 6.45) is 3.47. The molecule has 0 bridgehead atoms. The third-order valence-electron chi connectivity index (χ3n) is 3.64. The number of carbonyl (C=O) groups excluding carboxylic acids is 1. The Balaban J connectivity index is 0.00000220. The summed E-state index contributed by atoms with van der Waals surface area (Å²) in [5, 5.41) is 6.20. The molecule has 7 heteroatoms. The summed E-state index contributed by atoms with van der Waals surface area (Å²) >= 11 is 0. The second kappa shape index (κ2) is 7.59. The minimum atomic E-state index is -0.351. The zero-order valence-electron chi connectivity index (χ0n) is 12.3. The minimum Gasteiger partial charge on any atom is -0.383 e. The Labute approximate surface area is 130 Å². The number of ether oxygens (including phenoxy) is 1. The van der Waals surface area contributed by atoms with Crippen molar-refractivity contribution in [3.63, 3.8) is 0 Å². The lowest BCUT2D eigenvalue weighted by molar-refractivity contribution is 0.0891. The average Bonchev–Trinajstić information content (AvgIpc) is 2.85. The molecule has 1 aliphatic rings. The van der Waals surface area contributed by atoms with Gasteiger partial charge in [-0.15, -0.1) is 12.4 Å². The molecule has 0 aromatic carbocycles. The molecule has 1 saturated heterocycles. The van der Waals surface area contributed by atoms with E-state index >= 15 is 0 Å². The van der Waals surface area contributed by atoms with Gasteiger partial charge in [0.2, 0.25) is 0 Å². The maximum Gasteiger partial charge on any atom is 0.256 e. The second-order valence-electron chi connectivity index (χ2n) is 5.32. The predicted octanol–water partition coefficient (Wildman–Crippen LogP) is 0.604. The van der Waals surface area contributed by atoms with Crippen LogP contribution in [0.5, 0.6) is 0 Å². The van der Waals surface area contributed by atoms with Gasteiger partial charge in [-0.3, -0.25) is 9.59 Å². The highest BCUT2D eigenvalue weighted by atomic mass is 35.5. The Morgan fingerprint density at radius 2 is 2.29 bits per heavy atom. The average molecular weight is 316 g/mol. The minimum absolute atomic E-state index is 0. The Morgan fingerprint density at radius 1 is 1.52 bits per heavy atom. The molecular formula is C14H22ClN3O3. The Morgan fingerprint density at radius 3 is 2.86 bits per heavy atom. The van der Waals surface area contributed by atoms with Crippen molar-refractivity contribution in [2.24, 2.45) is 0 Å². The molecule has 118 valence electrons. The number of amides is 1. The summed E-state index contributed by atoms with van der Waals surface area (Å²) in [6.45, 7) is 3.69. The quantitative estimate of drug-likeness (QED) is 0.743. The van der Waals surface area contributed by atoms with Gasteiger partial charge >= 0.3 is 0 Å². The van der Waals surface area contributed by atoms with Crippen molar-refractivity contribution in [3.8, 4) is 0 Å². The van der Waals surface area contributed by atoms with Crippen LogP contribution in [0.4, 0.5) is 0 Å². The molecule has 2 rings (SSSR count). The number of halogens is 1. The molecule has 0 saturated carbocycles. The fourth-order valence-electron chi connectivity index (χ4n) is 2.57. The predicted molar refractivity (Wildman–Crippen MR) is 83.2 cm³/mol. The van der Waals surface area contributed by atoms with E-state index in [1.807, 2.05) is 0 Å². The van der Waals surface area contributed by atoms with Crippen LogP contribution in [0, 0.1) is 6.92 Å². The summed E-state index contributed by atoms with van der Waals surface area (Å²) in [4.78, 5) is 26.7. The molecule has 1 unspecified atom stereocenters. The van der Waals surface area contributed by atoms with E-state index in [-0.39, 0.29) is 34.8 Å². The Bertz CT molecular complexity index is 539. The highest BCUT2D eigenvalue weighted by molar-refractivity contribution is 5.93. The Hall–Kier alpha value is -1.37. The topological polar surface area (TPSA) is 83.2 Å². The van der Waals surface area contributed by atoms with E-state index in [1.165, 1.54) is 12.3 Å². The van der Waals surface area contributed by atoms with Crippen molar-refractivity contribution in [1.82, 2.24) is 15.6 Å². The van der Waals surface area contributed by atoms with Gasteiger partial charge < -0.3 is 20.4 Å². The molecule has 3 N–H and O–H groups in total. The van der Waals surface area contributed by atoms with Crippen LogP contribution in [0.15, 0.2) is 17.1 Å². The molecule has 1 aromatic rings.